The smallest absolute Gasteiger partial charge is 0.161 e. The molecule has 0 spiro atoms. The number of nitrogens with one attached hydrogen (secondary N) is 1. The molecule has 0 fully saturated rings. The van der Waals surface area contributed by atoms with Gasteiger partial charge in [0, 0.05) is 18.7 Å². The first-order chi connectivity index (χ1) is 13.2. The van der Waals surface area contributed by atoms with Crippen LogP contribution in [0, 0.1) is 0 Å². The molecule has 0 amide bonds. The first-order valence-corrected chi connectivity index (χ1v) is 8.94. The van der Waals surface area contributed by atoms with E-state index in [1.54, 1.807) is 28.4 Å². The van der Waals surface area contributed by atoms with Crippen molar-refractivity contribution >= 4 is 5.84 Å². The van der Waals surface area contributed by atoms with E-state index in [0.29, 0.717) is 5.75 Å². The maximum absolute atomic E-state index is 5.44. The molecule has 0 saturated carbocycles. The highest BCUT2D eigenvalue weighted by molar-refractivity contribution is 6.01. The van der Waals surface area contributed by atoms with E-state index >= 15 is 0 Å². The molecule has 2 aromatic rings. The summed E-state index contributed by atoms with van der Waals surface area (Å²) in [5, 5.41) is 3.46. The van der Waals surface area contributed by atoms with E-state index in [9.17, 15) is 0 Å². The normalized spacial score (nSPS) is 12.7. The lowest BCUT2D eigenvalue weighted by atomic mass is 9.99. The molecule has 0 radical (unpaired) electrons. The highest BCUT2D eigenvalue weighted by Gasteiger charge is 2.18. The predicted molar refractivity (Wildman–Crippen MR) is 106 cm³/mol. The zero-order valence-corrected chi connectivity index (χ0v) is 16.3. The van der Waals surface area contributed by atoms with Gasteiger partial charge in [-0.25, -0.2) is 0 Å². The van der Waals surface area contributed by atoms with Gasteiger partial charge in [-0.05, 0) is 48.2 Å². The second-order valence-corrected chi connectivity index (χ2v) is 6.21. The van der Waals surface area contributed by atoms with Crippen LogP contribution in [0.2, 0.25) is 0 Å². The second-order valence-electron chi connectivity index (χ2n) is 6.21. The molecule has 144 valence electrons. The van der Waals surface area contributed by atoms with E-state index in [1.807, 2.05) is 30.3 Å². The molecular formula is C21H26N2O4. The van der Waals surface area contributed by atoms with Crippen molar-refractivity contribution in [3.63, 3.8) is 0 Å². The summed E-state index contributed by atoms with van der Waals surface area (Å²) >= 11 is 0. The van der Waals surface area contributed by atoms with Gasteiger partial charge in [0.1, 0.15) is 5.84 Å². The lowest BCUT2D eigenvalue weighted by molar-refractivity contribution is 0.354. The third-order valence-corrected chi connectivity index (χ3v) is 4.67. The fourth-order valence-corrected chi connectivity index (χ4v) is 3.23. The molecule has 1 heterocycles. The summed E-state index contributed by atoms with van der Waals surface area (Å²) in [5.74, 6) is 3.85. The molecule has 0 aliphatic carbocycles. The van der Waals surface area contributed by atoms with Crippen LogP contribution in [0.3, 0.4) is 0 Å². The SMILES string of the molecule is COc1ccc(CCNC2=NCCc3cc(OC)c(OC)cc32)cc1OC. The first-order valence-electron chi connectivity index (χ1n) is 8.94. The van der Waals surface area contributed by atoms with Crippen LogP contribution >= 0.6 is 0 Å². The molecule has 0 bridgehead atoms. The van der Waals surface area contributed by atoms with Gasteiger partial charge in [0.25, 0.3) is 0 Å². The predicted octanol–water partition coefficient (Wildman–Crippen LogP) is 2.86. The largest absolute Gasteiger partial charge is 0.493 e. The molecule has 0 saturated heterocycles. The number of rotatable bonds is 7. The number of hydrogen-bond acceptors (Lipinski definition) is 6. The molecule has 3 rings (SSSR count). The maximum Gasteiger partial charge on any atom is 0.161 e. The lowest BCUT2D eigenvalue weighted by Crippen LogP contribution is -2.30. The van der Waals surface area contributed by atoms with Crippen molar-refractivity contribution in [3.8, 4) is 23.0 Å². The zero-order valence-electron chi connectivity index (χ0n) is 16.3. The quantitative estimate of drug-likeness (QED) is 0.812. The van der Waals surface area contributed by atoms with Crippen LogP contribution in [0.25, 0.3) is 0 Å². The van der Waals surface area contributed by atoms with E-state index in [4.69, 9.17) is 18.9 Å². The average molecular weight is 370 g/mol. The van der Waals surface area contributed by atoms with E-state index in [0.717, 1.165) is 54.6 Å². The molecule has 6 nitrogen and oxygen atoms in total. The fourth-order valence-electron chi connectivity index (χ4n) is 3.23. The minimum atomic E-state index is 0.715. The van der Waals surface area contributed by atoms with Gasteiger partial charge in [-0.3, -0.25) is 4.99 Å². The van der Waals surface area contributed by atoms with Gasteiger partial charge in [0.05, 0.1) is 28.4 Å². The molecule has 0 unspecified atom stereocenters. The Kier molecular flexibility index (Phi) is 6.06. The molecular weight excluding hydrogens is 344 g/mol. The van der Waals surface area contributed by atoms with Gasteiger partial charge in [-0.2, -0.15) is 0 Å². The Morgan fingerprint density at radius 3 is 2.22 bits per heavy atom. The Bertz CT molecular complexity index is 833. The van der Waals surface area contributed by atoms with Crippen LogP contribution in [0.1, 0.15) is 16.7 Å². The monoisotopic (exact) mass is 370 g/mol. The number of benzene rings is 2. The van der Waals surface area contributed by atoms with Crippen LogP contribution in [0.15, 0.2) is 35.3 Å². The first kappa shape index (κ1) is 18.9. The van der Waals surface area contributed by atoms with Gasteiger partial charge in [-0.1, -0.05) is 6.07 Å². The third-order valence-electron chi connectivity index (χ3n) is 4.67. The van der Waals surface area contributed by atoms with E-state index in [2.05, 4.69) is 10.3 Å². The van der Waals surface area contributed by atoms with Crippen molar-refractivity contribution in [3.05, 3.63) is 47.0 Å². The van der Waals surface area contributed by atoms with Gasteiger partial charge in [0.15, 0.2) is 23.0 Å². The lowest BCUT2D eigenvalue weighted by Gasteiger charge is -2.20. The van der Waals surface area contributed by atoms with Crippen LogP contribution in [0.4, 0.5) is 0 Å². The van der Waals surface area contributed by atoms with Crippen molar-refractivity contribution in [1.29, 1.82) is 0 Å². The summed E-state index contributed by atoms with van der Waals surface area (Å²) in [6.45, 7) is 1.53. The van der Waals surface area contributed by atoms with Crippen molar-refractivity contribution in [1.82, 2.24) is 5.32 Å². The number of methoxy groups -OCH3 is 4. The Labute approximate surface area is 160 Å². The molecule has 6 heteroatoms. The molecule has 0 aromatic heterocycles. The number of amidine groups is 1. The Morgan fingerprint density at radius 2 is 1.52 bits per heavy atom. The van der Waals surface area contributed by atoms with Crippen LogP contribution < -0.4 is 24.3 Å². The van der Waals surface area contributed by atoms with Gasteiger partial charge >= 0.3 is 0 Å². The van der Waals surface area contributed by atoms with Crippen LogP contribution in [0.5, 0.6) is 23.0 Å². The van der Waals surface area contributed by atoms with E-state index in [1.165, 1.54) is 11.1 Å². The number of ether oxygens (including phenoxy) is 4. The Morgan fingerprint density at radius 1 is 0.852 bits per heavy atom. The third kappa shape index (κ3) is 4.10. The fraction of sp³-hybridized carbons (Fsp3) is 0.381. The van der Waals surface area contributed by atoms with Gasteiger partial charge in [0.2, 0.25) is 0 Å². The Balaban J connectivity index is 1.70. The zero-order chi connectivity index (χ0) is 19.2. The number of aliphatic imine (C=N–C) groups is 1. The number of nitrogens with zero attached hydrogens (tertiary/aromatic N) is 1. The molecule has 1 aliphatic heterocycles. The van der Waals surface area contributed by atoms with Crippen molar-refractivity contribution in [2.75, 3.05) is 41.5 Å². The summed E-state index contributed by atoms with van der Waals surface area (Å²) in [5.41, 5.74) is 3.46. The average Bonchev–Trinajstić information content (AvgIpc) is 2.72. The minimum Gasteiger partial charge on any atom is -0.493 e. The van der Waals surface area contributed by atoms with Crippen LogP contribution in [-0.4, -0.2) is 47.4 Å². The second kappa shape index (κ2) is 8.66. The van der Waals surface area contributed by atoms with Crippen LogP contribution in [-0.2, 0) is 12.8 Å². The number of hydrogen-bond donors (Lipinski definition) is 1. The molecule has 0 atom stereocenters. The molecule has 2 aromatic carbocycles. The summed E-state index contributed by atoms with van der Waals surface area (Å²) in [6, 6.07) is 10.0. The van der Waals surface area contributed by atoms with E-state index < -0.39 is 0 Å². The summed E-state index contributed by atoms with van der Waals surface area (Å²) in [7, 11) is 6.59. The van der Waals surface area contributed by atoms with E-state index in [-0.39, 0.29) is 0 Å². The molecule has 1 aliphatic rings. The molecule has 1 N–H and O–H groups in total. The summed E-state index contributed by atoms with van der Waals surface area (Å²) < 4.78 is 21.5. The topological polar surface area (TPSA) is 61.3 Å². The minimum absolute atomic E-state index is 0.715. The van der Waals surface area contributed by atoms with Crippen molar-refractivity contribution < 1.29 is 18.9 Å². The van der Waals surface area contributed by atoms with Gasteiger partial charge < -0.3 is 24.3 Å². The highest BCUT2D eigenvalue weighted by Crippen LogP contribution is 2.32. The maximum atomic E-state index is 5.44. The van der Waals surface area contributed by atoms with Crippen molar-refractivity contribution in [2.45, 2.75) is 12.8 Å². The number of fused-ring (bicyclic) bond motifs is 1. The van der Waals surface area contributed by atoms with Gasteiger partial charge in [-0.15, -0.1) is 0 Å². The summed E-state index contributed by atoms with van der Waals surface area (Å²) in [4.78, 5) is 4.66. The Hall–Kier alpha value is -2.89. The molecule has 27 heavy (non-hydrogen) atoms. The van der Waals surface area contributed by atoms with Crippen molar-refractivity contribution in [2.24, 2.45) is 4.99 Å². The standard InChI is InChI=1S/C21H26N2O4/c1-24-17-6-5-14(11-18(17)25-2)7-9-22-21-16-13-20(27-4)19(26-3)12-15(16)8-10-23-21/h5-6,11-13H,7-10H2,1-4H3,(H,22,23). The highest BCUT2D eigenvalue weighted by atomic mass is 16.5. The summed E-state index contributed by atoms with van der Waals surface area (Å²) in [6.07, 6.45) is 1.75.